The van der Waals surface area contributed by atoms with Crippen LogP contribution in [0.4, 0.5) is 5.82 Å². The van der Waals surface area contributed by atoms with Gasteiger partial charge in [-0.2, -0.15) is 9.90 Å². The van der Waals surface area contributed by atoms with Crippen LogP contribution in [-0.2, 0) is 6.54 Å². The lowest BCUT2D eigenvalue weighted by Crippen LogP contribution is -2.08. The summed E-state index contributed by atoms with van der Waals surface area (Å²) in [5.74, 6) is 1.08. The van der Waals surface area contributed by atoms with E-state index >= 15 is 0 Å². The fourth-order valence-electron chi connectivity index (χ4n) is 1.09. The van der Waals surface area contributed by atoms with Gasteiger partial charge in [0.05, 0.1) is 6.20 Å². The van der Waals surface area contributed by atoms with E-state index in [0.29, 0.717) is 18.2 Å². The largest absolute Gasteiger partial charge is 0.381 e. The molecular formula is C8H10N6. The van der Waals surface area contributed by atoms with Gasteiger partial charge in [0.25, 0.3) is 0 Å². The van der Waals surface area contributed by atoms with Crippen molar-refractivity contribution in [3.8, 4) is 0 Å². The average molecular weight is 190 g/mol. The summed E-state index contributed by atoms with van der Waals surface area (Å²) < 4.78 is 0. The van der Waals surface area contributed by atoms with Crippen LogP contribution in [0.5, 0.6) is 0 Å². The smallest absolute Gasteiger partial charge is 0.165 e. The van der Waals surface area contributed by atoms with E-state index in [2.05, 4.69) is 20.2 Å². The highest BCUT2D eigenvalue weighted by molar-refractivity contribution is 5.19. The third-order valence-electron chi connectivity index (χ3n) is 1.68. The van der Waals surface area contributed by atoms with Gasteiger partial charge in [-0.25, -0.2) is 9.97 Å². The lowest BCUT2D eigenvalue weighted by atomic mass is 10.4. The zero-order valence-corrected chi connectivity index (χ0v) is 7.75. The Morgan fingerprint density at radius 1 is 1.50 bits per heavy atom. The van der Waals surface area contributed by atoms with Crippen molar-refractivity contribution in [1.82, 2.24) is 25.0 Å². The Morgan fingerprint density at radius 2 is 2.36 bits per heavy atom. The van der Waals surface area contributed by atoms with Crippen LogP contribution in [0.3, 0.4) is 0 Å². The van der Waals surface area contributed by atoms with Gasteiger partial charge in [0, 0.05) is 11.9 Å². The van der Waals surface area contributed by atoms with Crippen molar-refractivity contribution in [3.63, 3.8) is 0 Å². The van der Waals surface area contributed by atoms with Gasteiger partial charge >= 0.3 is 0 Å². The summed E-state index contributed by atoms with van der Waals surface area (Å²) in [6.45, 7) is 2.36. The maximum atomic E-state index is 5.43. The highest BCUT2D eigenvalue weighted by atomic mass is 15.5. The van der Waals surface area contributed by atoms with E-state index in [9.17, 15) is 0 Å². The van der Waals surface area contributed by atoms with E-state index in [0.717, 1.165) is 5.69 Å². The molecule has 2 aromatic heterocycles. The van der Waals surface area contributed by atoms with Crippen LogP contribution in [0.1, 0.15) is 11.5 Å². The Labute approximate surface area is 80.8 Å². The van der Waals surface area contributed by atoms with Gasteiger partial charge in [-0.05, 0) is 13.0 Å². The second kappa shape index (κ2) is 3.41. The van der Waals surface area contributed by atoms with Gasteiger partial charge in [0.1, 0.15) is 6.54 Å². The van der Waals surface area contributed by atoms with Gasteiger partial charge in [0.2, 0.25) is 0 Å². The molecule has 2 rings (SSSR count). The molecule has 0 aliphatic carbocycles. The lowest BCUT2D eigenvalue weighted by molar-refractivity contribution is 0.571. The van der Waals surface area contributed by atoms with E-state index in [1.807, 2.05) is 13.0 Å². The van der Waals surface area contributed by atoms with Gasteiger partial charge in [-0.1, -0.05) is 0 Å². The molecule has 2 heterocycles. The minimum absolute atomic E-state index is 0.401. The van der Waals surface area contributed by atoms with Crippen molar-refractivity contribution in [1.29, 1.82) is 0 Å². The third-order valence-corrected chi connectivity index (χ3v) is 1.68. The maximum Gasteiger partial charge on any atom is 0.165 e. The number of aromatic nitrogens is 5. The number of nitrogen functional groups attached to an aromatic ring is 1. The van der Waals surface area contributed by atoms with Crippen molar-refractivity contribution < 1.29 is 0 Å². The number of rotatable bonds is 2. The van der Waals surface area contributed by atoms with Crippen molar-refractivity contribution in [3.05, 3.63) is 30.0 Å². The molecule has 0 aromatic carbocycles. The summed E-state index contributed by atoms with van der Waals surface area (Å²) in [6.07, 6.45) is 3.21. The zero-order chi connectivity index (χ0) is 9.97. The number of hydrogen-bond acceptors (Lipinski definition) is 5. The van der Waals surface area contributed by atoms with Crippen molar-refractivity contribution in [2.75, 3.05) is 5.73 Å². The molecule has 14 heavy (non-hydrogen) atoms. The topological polar surface area (TPSA) is 82.5 Å². The molecule has 0 spiro atoms. The predicted molar refractivity (Wildman–Crippen MR) is 50.3 cm³/mol. The molecule has 0 atom stereocenters. The summed E-state index contributed by atoms with van der Waals surface area (Å²) in [5.41, 5.74) is 6.35. The quantitative estimate of drug-likeness (QED) is 0.721. The Balaban J connectivity index is 2.18. The van der Waals surface area contributed by atoms with Crippen LogP contribution in [-0.4, -0.2) is 25.0 Å². The molecular weight excluding hydrogens is 180 g/mol. The van der Waals surface area contributed by atoms with Crippen LogP contribution in [0.25, 0.3) is 0 Å². The van der Waals surface area contributed by atoms with Crippen LogP contribution >= 0.6 is 0 Å². The molecule has 6 nitrogen and oxygen atoms in total. The molecule has 0 saturated heterocycles. The van der Waals surface area contributed by atoms with Gasteiger partial charge in [-0.3, -0.25) is 0 Å². The van der Waals surface area contributed by atoms with Crippen molar-refractivity contribution in [2.45, 2.75) is 13.5 Å². The normalized spacial score (nSPS) is 10.4. The van der Waals surface area contributed by atoms with E-state index in [4.69, 9.17) is 5.73 Å². The number of anilines is 1. The summed E-state index contributed by atoms with van der Waals surface area (Å²) in [6, 6.07) is 1.84. The fourth-order valence-corrected chi connectivity index (χ4v) is 1.09. The molecule has 2 aromatic rings. The van der Waals surface area contributed by atoms with E-state index in [-0.39, 0.29) is 0 Å². The Hall–Kier alpha value is -1.98. The van der Waals surface area contributed by atoms with Crippen molar-refractivity contribution >= 4 is 5.82 Å². The van der Waals surface area contributed by atoms with Gasteiger partial charge in [-0.15, -0.1) is 5.10 Å². The Kier molecular flexibility index (Phi) is 2.10. The fraction of sp³-hybridized carbons (Fsp3) is 0.250. The maximum absolute atomic E-state index is 5.43. The van der Waals surface area contributed by atoms with E-state index < -0.39 is 0 Å². The summed E-state index contributed by atoms with van der Waals surface area (Å²) in [7, 11) is 0. The molecule has 0 radical (unpaired) electrons. The first-order valence-corrected chi connectivity index (χ1v) is 4.18. The number of nitrogens with zero attached hydrogens (tertiary/aromatic N) is 5. The van der Waals surface area contributed by atoms with E-state index in [1.165, 1.54) is 11.0 Å². The summed E-state index contributed by atoms with van der Waals surface area (Å²) in [5, 5.41) is 7.88. The minimum atomic E-state index is 0.401. The van der Waals surface area contributed by atoms with Crippen LogP contribution in [0.15, 0.2) is 18.5 Å². The molecule has 0 amide bonds. The molecule has 0 aliphatic rings. The van der Waals surface area contributed by atoms with Crippen LogP contribution in [0, 0.1) is 6.92 Å². The molecule has 0 aliphatic heterocycles. The first-order chi connectivity index (χ1) is 6.74. The second-order valence-corrected chi connectivity index (χ2v) is 2.91. The summed E-state index contributed by atoms with van der Waals surface area (Å²) in [4.78, 5) is 9.78. The lowest BCUT2D eigenvalue weighted by Gasteiger charge is -1.98. The summed E-state index contributed by atoms with van der Waals surface area (Å²) >= 11 is 0. The highest BCUT2D eigenvalue weighted by Gasteiger charge is 2.00. The van der Waals surface area contributed by atoms with E-state index in [1.54, 1.807) is 6.20 Å². The third kappa shape index (κ3) is 1.85. The van der Waals surface area contributed by atoms with Crippen molar-refractivity contribution in [2.24, 2.45) is 0 Å². The molecule has 0 fully saturated rings. The number of aryl methyl sites for hydroxylation is 1. The SMILES string of the molecule is Cc1ccnc(Cn2ncc(N)n2)n1. The first-order valence-electron chi connectivity index (χ1n) is 4.18. The molecule has 6 heteroatoms. The zero-order valence-electron chi connectivity index (χ0n) is 7.75. The van der Waals surface area contributed by atoms with Gasteiger partial charge < -0.3 is 5.73 Å². The average Bonchev–Trinajstić information content (AvgIpc) is 2.51. The molecule has 0 unspecified atom stereocenters. The predicted octanol–water partition coefficient (Wildman–Crippen LogP) is 0.00702. The van der Waals surface area contributed by atoms with Crippen LogP contribution < -0.4 is 5.73 Å². The first kappa shape index (κ1) is 8.61. The number of nitrogens with two attached hydrogens (primary N) is 1. The monoisotopic (exact) mass is 190 g/mol. The molecule has 0 bridgehead atoms. The Morgan fingerprint density at radius 3 is 3.00 bits per heavy atom. The molecule has 0 saturated carbocycles. The standard InChI is InChI=1S/C8H10N6/c1-6-2-3-10-8(12-6)5-14-11-4-7(9)13-14/h2-4H,5H2,1H3,(H2,9,13). The van der Waals surface area contributed by atoms with Gasteiger partial charge in [0.15, 0.2) is 11.6 Å². The molecule has 2 N–H and O–H groups in total. The van der Waals surface area contributed by atoms with Crippen LogP contribution in [0.2, 0.25) is 0 Å². The minimum Gasteiger partial charge on any atom is -0.381 e. The number of hydrogen-bond donors (Lipinski definition) is 1. The molecule has 72 valence electrons. The second-order valence-electron chi connectivity index (χ2n) is 2.91. The highest BCUT2D eigenvalue weighted by Crippen LogP contribution is 1.97. The Bertz CT molecular complexity index is 435.